The van der Waals surface area contributed by atoms with Gasteiger partial charge in [0, 0.05) is 24.3 Å². The van der Waals surface area contributed by atoms with Crippen LogP contribution in [0, 0.1) is 6.92 Å². The summed E-state index contributed by atoms with van der Waals surface area (Å²) in [4.78, 5) is 19.0. The van der Waals surface area contributed by atoms with Crippen LogP contribution in [0.3, 0.4) is 0 Å². The standard InChI is InChI=1S/C32H38FN5O4S/c1-6-37-14-12-30(26(33)20-37)43(40,41)24-8-9-27-25(17-24)29(11-13-34-27)42-28-10-7-22(15-21(28)2)16-31(39)36-23-18-35-38(19-23)32(3,4)5/h7-11,13,15,17-19,26,30H,6,12,14,16,20H2,1-5H3,(H,36,39)/t26-,30-/m1/s1. The Kier molecular flexibility index (Phi) is 8.58. The van der Waals surface area contributed by atoms with Crippen LogP contribution in [0.25, 0.3) is 10.9 Å². The molecule has 0 radical (unpaired) electrons. The summed E-state index contributed by atoms with van der Waals surface area (Å²) >= 11 is 0. The van der Waals surface area contributed by atoms with Gasteiger partial charge in [-0.05, 0) is 88.7 Å². The minimum atomic E-state index is -3.91. The van der Waals surface area contributed by atoms with Crippen LogP contribution in [0.1, 0.15) is 45.2 Å². The molecule has 4 aromatic rings. The van der Waals surface area contributed by atoms with E-state index in [2.05, 4.69) is 15.4 Å². The van der Waals surface area contributed by atoms with Crippen molar-refractivity contribution in [3.05, 3.63) is 72.2 Å². The summed E-state index contributed by atoms with van der Waals surface area (Å²) in [5, 5.41) is 6.64. The maximum absolute atomic E-state index is 15.0. The summed E-state index contributed by atoms with van der Waals surface area (Å²) in [6.45, 7) is 11.3. The van der Waals surface area contributed by atoms with Gasteiger partial charge in [-0.25, -0.2) is 12.8 Å². The van der Waals surface area contributed by atoms with Crippen LogP contribution in [0.4, 0.5) is 10.1 Å². The molecule has 228 valence electrons. The largest absolute Gasteiger partial charge is 0.456 e. The summed E-state index contributed by atoms with van der Waals surface area (Å²) in [7, 11) is -3.91. The number of nitrogens with one attached hydrogen (secondary N) is 1. The number of aromatic nitrogens is 3. The van der Waals surface area contributed by atoms with Crippen molar-refractivity contribution < 1.29 is 22.3 Å². The second-order valence-corrected chi connectivity index (χ2v) is 14.2. The van der Waals surface area contributed by atoms with Gasteiger partial charge in [0.2, 0.25) is 5.91 Å². The Bertz CT molecular complexity index is 1750. The number of rotatable bonds is 8. The zero-order chi connectivity index (χ0) is 30.9. The number of nitrogens with zero attached hydrogens (tertiary/aromatic N) is 4. The number of hydrogen-bond donors (Lipinski definition) is 1. The highest BCUT2D eigenvalue weighted by Crippen LogP contribution is 2.34. The van der Waals surface area contributed by atoms with E-state index in [0.29, 0.717) is 41.2 Å². The minimum absolute atomic E-state index is 0.0570. The lowest BCUT2D eigenvalue weighted by Gasteiger charge is -2.33. The second-order valence-electron chi connectivity index (χ2n) is 12.0. The Balaban J connectivity index is 1.32. The van der Waals surface area contributed by atoms with Gasteiger partial charge in [-0.15, -0.1) is 0 Å². The van der Waals surface area contributed by atoms with Gasteiger partial charge in [0.15, 0.2) is 9.84 Å². The molecule has 0 saturated carbocycles. The third-order valence-electron chi connectivity index (χ3n) is 7.79. The molecule has 1 aliphatic heterocycles. The Labute approximate surface area is 252 Å². The lowest BCUT2D eigenvalue weighted by Crippen LogP contribution is -2.47. The van der Waals surface area contributed by atoms with Crippen molar-refractivity contribution in [2.45, 2.75) is 69.3 Å². The fraction of sp³-hybridized carbons (Fsp3) is 0.406. The highest BCUT2D eigenvalue weighted by molar-refractivity contribution is 7.92. The molecular formula is C32H38FN5O4S. The molecule has 0 bridgehead atoms. The number of alkyl halides is 1. The first-order valence-corrected chi connectivity index (χ1v) is 16.0. The molecule has 2 atom stereocenters. The molecule has 0 aliphatic carbocycles. The first-order valence-electron chi connectivity index (χ1n) is 14.5. The molecule has 2 aromatic carbocycles. The zero-order valence-electron chi connectivity index (χ0n) is 25.2. The highest BCUT2D eigenvalue weighted by atomic mass is 32.2. The maximum atomic E-state index is 15.0. The number of amides is 1. The van der Waals surface area contributed by atoms with E-state index >= 15 is 0 Å². The van der Waals surface area contributed by atoms with Gasteiger partial charge in [0.05, 0.1) is 39.5 Å². The molecule has 1 aliphatic rings. The van der Waals surface area contributed by atoms with Crippen molar-refractivity contribution in [3.63, 3.8) is 0 Å². The first-order chi connectivity index (χ1) is 20.3. The number of fused-ring (bicyclic) bond motifs is 1. The van der Waals surface area contributed by atoms with Crippen LogP contribution >= 0.6 is 0 Å². The summed E-state index contributed by atoms with van der Waals surface area (Å²) in [5.74, 6) is 0.836. The van der Waals surface area contributed by atoms with Gasteiger partial charge in [-0.1, -0.05) is 19.1 Å². The molecule has 43 heavy (non-hydrogen) atoms. The van der Waals surface area contributed by atoms with Crippen LogP contribution in [-0.2, 0) is 26.6 Å². The Hall–Kier alpha value is -3.83. The SMILES string of the molecule is CCN1CC[C@@H](S(=O)(=O)c2ccc3nccc(Oc4ccc(CC(=O)Nc5cnn(C(C)(C)C)c5)cc4C)c3c2)[C@H](F)C1. The highest BCUT2D eigenvalue weighted by Gasteiger charge is 2.39. The number of carbonyl (C=O) groups is 1. The average molecular weight is 608 g/mol. The molecular weight excluding hydrogens is 569 g/mol. The van der Waals surface area contributed by atoms with Crippen LogP contribution in [0.15, 0.2) is 66.0 Å². The monoisotopic (exact) mass is 607 g/mol. The summed E-state index contributed by atoms with van der Waals surface area (Å²) in [5.41, 5.74) is 2.64. The molecule has 3 heterocycles. The van der Waals surface area contributed by atoms with E-state index in [-0.39, 0.29) is 35.7 Å². The van der Waals surface area contributed by atoms with Crippen molar-refractivity contribution >= 4 is 32.3 Å². The van der Waals surface area contributed by atoms with Crippen molar-refractivity contribution in [1.82, 2.24) is 19.7 Å². The summed E-state index contributed by atoms with van der Waals surface area (Å²) < 4.78 is 50.0. The van der Waals surface area contributed by atoms with E-state index in [1.807, 2.05) is 51.7 Å². The van der Waals surface area contributed by atoms with Crippen LogP contribution < -0.4 is 10.1 Å². The number of likely N-dealkylation sites (tertiary alicyclic amines) is 1. The number of hydrogen-bond acceptors (Lipinski definition) is 7. The topological polar surface area (TPSA) is 106 Å². The first kappa shape index (κ1) is 30.6. The number of benzene rings is 2. The van der Waals surface area contributed by atoms with Gasteiger partial charge in [-0.3, -0.25) is 14.5 Å². The van der Waals surface area contributed by atoms with Crippen LogP contribution in [0.5, 0.6) is 11.5 Å². The smallest absolute Gasteiger partial charge is 0.228 e. The van der Waals surface area contributed by atoms with Gasteiger partial charge >= 0.3 is 0 Å². The predicted molar refractivity (Wildman–Crippen MR) is 165 cm³/mol. The number of piperidine rings is 1. The number of aryl methyl sites for hydroxylation is 1. The van der Waals surface area contributed by atoms with Crippen molar-refractivity contribution in [1.29, 1.82) is 0 Å². The zero-order valence-corrected chi connectivity index (χ0v) is 26.0. The quantitative estimate of drug-likeness (QED) is 0.275. The van der Waals surface area contributed by atoms with Gasteiger partial charge < -0.3 is 15.0 Å². The predicted octanol–water partition coefficient (Wildman–Crippen LogP) is 5.67. The van der Waals surface area contributed by atoms with Gasteiger partial charge in [0.25, 0.3) is 0 Å². The van der Waals surface area contributed by atoms with E-state index in [0.717, 1.165) is 11.1 Å². The minimum Gasteiger partial charge on any atom is -0.456 e. The summed E-state index contributed by atoms with van der Waals surface area (Å²) in [6.07, 6.45) is 4.00. The Morgan fingerprint density at radius 1 is 1.14 bits per heavy atom. The van der Waals surface area contributed by atoms with E-state index in [9.17, 15) is 17.6 Å². The molecule has 1 fully saturated rings. The Morgan fingerprint density at radius 3 is 2.60 bits per heavy atom. The van der Waals surface area contributed by atoms with E-state index < -0.39 is 21.3 Å². The van der Waals surface area contributed by atoms with E-state index in [4.69, 9.17) is 4.74 Å². The lowest BCUT2D eigenvalue weighted by molar-refractivity contribution is -0.115. The maximum Gasteiger partial charge on any atom is 0.228 e. The molecule has 2 aromatic heterocycles. The summed E-state index contributed by atoms with van der Waals surface area (Å²) in [6, 6.07) is 11.8. The molecule has 1 amide bonds. The molecule has 0 unspecified atom stereocenters. The second kappa shape index (κ2) is 12.0. The fourth-order valence-electron chi connectivity index (χ4n) is 5.32. The number of pyridine rings is 1. The van der Waals surface area contributed by atoms with Crippen molar-refractivity contribution in [3.8, 4) is 11.5 Å². The van der Waals surface area contributed by atoms with Gasteiger partial charge in [-0.2, -0.15) is 5.10 Å². The number of halogens is 1. The number of sulfone groups is 1. The van der Waals surface area contributed by atoms with Crippen LogP contribution in [0.2, 0.25) is 0 Å². The number of ether oxygens (including phenoxy) is 1. The Morgan fingerprint density at radius 2 is 1.93 bits per heavy atom. The molecule has 11 heteroatoms. The molecule has 0 spiro atoms. The number of anilines is 1. The average Bonchev–Trinajstić information content (AvgIpc) is 3.43. The van der Waals surface area contributed by atoms with Crippen LogP contribution in [-0.4, -0.2) is 65.0 Å². The molecule has 9 nitrogen and oxygen atoms in total. The fourth-order valence-corrected chi connectivity index (χ4v) is 7.10. The molecule has 1 N–H and O–H groups in total. The third kappa shape index (κ3) is 6.73. The van der Waals surface area contributed by atoms with E-state index in [1.165, 1.54) is 12.1 Å². The van der Waals surface area contributed by atoms with Crippen molar-refractivity contribution in [2.24, 2.45) is 0 Å². The van der Waals surface area contributed by atoms with Gasteiger partial charge in [0.1, 0.15) is 17.7 Å². The molecule has 5 rings (SSSR count). The van der Waals surface area contributed by atoms with Crippen molar-refractivity contribution in [2.75, 3.05) is 25.0 Å². The number of carbonyl (C=O) groups excluding carboxylic acids is 1. The third-order valence-corrected chi connectivity index (χ3v) is 10.0. The van der Waals surface area contributed by atoms with E-state index in [1.54, 1.807) is 41.5 Å². The lowest BCUT2D eigenvalue weighted by atomic mass is 10.1. The molecule has 1 saturated heterocycles. The normalized spacial score (nSPS) is 18.1.